The van der Waals surface area contributed by atoms with E-state index in [9.17, 15) is 0 Å². The molecule has 0 aliphatic carbocycles. The van der Waals surface area contributed by atoms with Gasteiger partial charge in [0, 0.05) is 50.3 Å². The number of hydrogen-bond acceptors (Lipinski definition) is 5. The lowest BCUT2D eigenvalue weighted by atomic mass is 9.98. The zero-order valence-corrected chi connectivity index (χ0v) is 44.2. The first-order valence-corrected chi connectivity index (χ1v) is 27.5. The molecule has 0 aliphatic heterocycles. The summed E-state index contributed by atoms with van der Waals surface area (Å²) in [7, 11) is 0. The fourth-order valence-corrected chi connectivity index (χ4v) is 11.9. The van der Waals surface area contributed by atoms with Crippen LogP contribution in [-0.4, -0.2) is 9.97 Å². The molecule has 0 N–H and O–H groups in total. The average Bonchev–Trinajstić information content (AvgIpc) is 3.61. The monoisotopic (exact) mass is 1030 g/mol. The van der Waals surface area contributed by atoms with Crippen LogP contribution in [0.4, 0.5) is 51.4 Å². The molecule has 13 aromatic carbocycles. The fraction of sp³-hybridized carbons (Fsp3) is 0. The van der Waals surface area contributed by atoms with E-state index in [1.165, 1.54) is 53.9 Å². The quantitative estimate of drug-likeness (QED) is 0.121. The lowest BCUT2D eigenvalue weighted by Crippen LogP contribution is -2.13. The molecule has 15 aromatic rings. The van der Waals surface area contributed by atoms with Gasteiger partial charge in [-0.05, 0) is 163 Å². The molecule has 5 heteroatoms. The van der Waals surface area contributed by atoms with Crippen molar-refractivity contribution in [2.45, 2.75) is 0 Å². The van der Waals surface area contributed by atoms with Crippen molar-refractivity contribution in [3.05, 3.63) is 309 Å². The number of pyridine rings is 2. The van der Waals surface area contributed by atoms with Crippen LogP contribution in [0, 0.1) is 0 Å². The van der Waals surface area contributed by atoms with Gasteiger partial charge in [-0.25, -0.2) is 9.97 Å². The van der Waals surface area contributed by atoms with Gasteiger partial charge in [-0.2, -0.15) is 0 Å². The minimum absolute atomic E-state index is 0.777. The van der Waals surface area contributed by atoms with E-state index in [4.69, 9.17) is 9.97 Å². The average molecular weight is 1030 g/mol. The molecular weight excluding hydrogens is 983 g/mol. The van der Waals surface area contributed by atoms with Gasteiger partial charge in [0.1, 0.15) is 11.6 Å². The molecule has 0 saturated heterocycles. The molecular formula is C76H51N5. The maximum atomic E-state index is 5.39. The fourth-order valence-electron chi connectivity index (χ4n) is 11.9. The van der Waals surface area contributed by atoms with E-state index >= 15 is 0 Å². The Morgan fingerprint density at radius 3 is 0.975 bits per heavy atom. The number of aromatic nitrogens is 2. The second kappa shape index (κ2) is 20.2. The van der Waals surface area contributed by atoms with Gasteiger partial charge in [-0.1, -0.05) is 200 Å². The van der Waals surface area contributed by atoms with Crippen LogP contribution in [-0.2, 0) is 0 Å². The van der Waals surface area contributed by atoms with E-state index in [1.54, 1.807) is 0 Å². The van der Waals surface area contributed by atoms with E-state index in [0.29, 0.717) is 0 Å². The maximum Gasteiger partial charge on any atom is 0.139 e. The molecule has 0 atom stereocenters. The molecule has 0 saturated carbocycles. The molecule has 15 rings (SSSR count). The van der Waals surface area contributed by atoms with E-state index in [1.807, 2.05) is 6.07 Å². The number of benzene rings is 13. The predicted molar refractivity (Wildman–Crippen MR) is 342 cm³/mol. The highest BCUT2D eigenvalue weighted by Crippen LogP contribution is 2.44. The van der Waals surface area contributed by atoms with Crippen molar-refractivity contribution in [3.63, 3.8) is 0 Å². The topological polar surface area (TPSA) is 35.5 Å². The summed E-state index contributed by atoms with van der Waals surface area (Å²) in [4.78, 5) is 17.7. The van der Waals surface area contributed by atoms with Crippen molar-refractivity contribution in [2.75, 3.05) is 14.7 Å². The van der Waals surface area contributed by atoms with Crippen molar-refractivity contribution in [2.24, 2.45) is 0 Å². The molecule has 2 heterocycles. The Morgan fingerprint density at radius 1 is 0.198 bits per heavy atom. The van der Waals surface area contributed by atoms with Crippen molar-refractivity contribution in [3.8, 4) is 22.5 Å². The Bertz CT molecular complexity index is 4550. The largest absolute Gasteiger partial charge is 0.310 e. The van der Waals surface area contributed by atoms with Gasteiger partial charge in [0.05, 0.1) is 22.8 Å². The lowest BCUT2D eigenvalue weighted by Gasteiger charge is -2.27. The van der Waals surface area contributed by atoms with Crippen LogP contribution in [0.1, 0.15) is 0 Å². The van der Waals surface area contributed by atoms with Gasteiger partial charge < -0.3 is 9.80 Å². The number of para-hydroxylation sites is 3. The SMILES string of the molecule is c1ccc(N(c2cccc(-c3ccc4c(ccc5cc(N(c6ccccc6)c6cccc7ccccc67)ccc54)c3)n2)c2cccc(-c3ccc4c(ccc5cc(N(c6ccccc6)c6cccc7ccccc67)ccc54)c3)n2)cc1. The smallest absolute Gasteiger partial charge is 0.139 e. The summed E-state index contributed by atoms with van der Waals surface area (Å²) < 4.78 is 0. The number of anilines is 9. The molecule has 0 fully saturated rings. The first-order valence-electron chi connectivity index (χ1n) is 27.5. The summed E-state index contributed by atoms with van der Waals surface area (Å²) in [6.07, 6.45) is 0. The standard InChI is InChI=1S/C76H51N5/c1-4-22-60(23-5-1)79(73-32-14-20-52-18-10-12-28-69(52)73)63-42-46-67-56(50-63)38-36-54-48-58(40-44-65(54)67)71-30-16-34-75(77-71)81(62-26-8-3-9-27-62)76-35-17-31-72(78-76)59-41-45-66-55(49-59)37-39-57-51-64(43-47-68(57)66)80(61-24-6-2-7-25-61)74-33-15-21-53-19-11-13-29-70(53)74/h1-51H. The Kier molecular flexibility index (Phi) is 11.8. The van der Waals surface area contributed by atoms with E-state index in [0.717, 1.165) is 84.7 Å². The van der Waals surface area contributed by atoms with Gasteiger partial charge >= 0.3 is 0 Å². The minimum atomic E-state index is 0.777. The van der Waals surface area contributed by atoms with E-state index < -0.39 is 0 Å². The first-order chi connectivity index (χ1) is 40.1. The summed E-state index contributed by atoms with van der Waals surface area (Å²) in [6, 6.07) is 111. The third-order valence-corrected chi connectivity index (χ3v) is 15.7. The number of fused-ring (bicyclic) bond motifs is 8. The normalized spacial score (nSPS) is 11.5. The predicted octanol–water partition coefficient (Wildman–Crippen LogP) is 21.1. The third kappa shape index (κ3) is 8.71. The van der Waals surface area contributed by atoms with Crippen molar-refractivity contribution < 1.29 is 0 Å². The van der Waals surface area contributed by atoms with Crippen LogP contribution in [0.2, 0.25) is 0 Å². The number of nitrogens with zero attached hydrogens (tertiary/aromatic N) is 5. The second-order valence-corrected chi connectivity index (χ2v) is 20.6. The Hall–Kier alpha value is -10.9. The zero-order chi connectivity index (χ0) is 53.6. The molecule has 0 radical (unpaired) electrons. The molecule has 5 nitrogen and oxygen atoms in total. The van der Waals surface area contributed by atoms with Crippen LogP contribution < -0.4 is 14.7 Å². The summed E-state index contributed by atoms with van der Waals surface area (Å²) in [5, 5.41) is 14.3. The van der Waals surface area contributed by atoms with Crippen LogP contribution in [0.3, 0.4) is 0 Å². The molecule has 0 unspecified atom stereocenters. The van der Waals surface area contributed by atoms with Gasteiger partial charge in [-0.15, -0.1) is 0 Å². The van der Waals surface area contributed by atoms with Crippen molar-refractivity contribution >= 4 is 116 Å². The summed E-state index contributed by atoms with van der Waals surface area (Å²) in [6.45, 7) is 0. The van der Waals surface area contributed by atoms with Gasteiger partial charge in [-0.3, -0.25) is 4.90 Å². The Balaban J connectivity index is 0.746. The molecule has 0 aliphatic rings. The molecule has 0 bridgehead atoms. The maximum absolute atomic E-state index is 5.39. The van der Waals surface area contributed by atoms with E-state index in [-0.39, 0.29) is 0 Å². The molecule has 2 aromatic heterocycles. The highest BCUT2D eigenvalue weighted by molar-refractivity contribution is 6.12. The third-order valence-electron chi connectivity index (χ3n) is 15.7. The first kappa shape index (κ1) is 47.3. The van der Waals surface area contributed by atoms with Gasteiger partial charge in [0.2, 0.25) is 0 Å². The lowest BCUT2D eigenvalue weighted by molar-refractivity contribution is 1.13. The van der Waals surface area contributed by atoms with Crippen molar-refractivity contribution in [1.29, 1.82) is 0 Å². The van der Waals surface area contributed by atoms with Crippen LogP contribution in [0.5, 0.6) is 0 Å². The number of hydrogen-bond donors (Lipinski definition) is 0. The highest BCUT2D eigenvalue weighted by atomic mass is 15.2. The minimum Gasteiger partial charge on any atom is -0.310 e. The summed E-state index contributed by atoms with van der Waals surface area (Å²) in [5.74, 6) is 1.55. The molecule has 380 valence electrons. The van der Waals surface area contributed by atoms with Gasteiger partial charge in [0.25, 0.3) is 0 Å². The number of rotatable bonds is 11. The molecule has 0 amide bonds. The van der Waals surface area contributed by atoms with Crippen molar-refractivity contribution in [1.82, 2.24) is 9.97 Å². The van der Waals surface area contributed by atoms with Crippen LogP contribution in [0.25, 0.3) is 87.1 Å². The van der Waals surface area contributed by atoms with Crippen LogP contribution in [0.15, 0.2) is 309 Å². The second-order valence-electron chi connectivity index (χ2n) is 20.6. The van der Waals surface area contributed by atoms with E-state index in [2.05, 4.69) is 318 Å². The Morgan fingerprint density at radius 2 is 0.543 bits per heavy atom. The molecule has 81 heavy (non-hydrogen) atoms. The summed E-state index contributed by atoms with van der Waals surface area (Å²) in [5.41, 5.74) is 11.5. The van der Waals surface area contributed by atoms with Crippen LogP contribution >= 0.6 is 0 Å². The Labute approximate surface area is 470 Å². The summed E-state index contributed by atoms with van der Waals surface area (Å²) >= 11 is 0. The van der Waals surface area contributed by atoms with Gasteiger partial charge in [0.15, 0.2) is 0 Å². The highest BCUT2D eigenvalue weighted by Gasteiger charge is 2.21. The zero-order valence-electron chi connectivity index (χ0n) is 44.2. The molecule has 0 spiro atoms.